The highest BCUT2D eigenvalue weighted by atomic mass is 16.5. The maximum Gasteiger partial charge on any atom is 0.121 e. The standard InChI is InChI=1S/C16H20N2O3/c17-13-3-1-5-15(11-13)20-9-7-19-8-10-21-16-6-2-4-14(18)12-16/h1-6,11-12H,7-10,17-18H2. The molecule has 0 heterocycles. The van der Waals surface area contributed by atoms with E-state index in [1.54, 1.807) is 12.1 Å². The number of nitrogen functional groups attached to an aromatic ring is 2. The topological polar surface area (TPSA) is 79.7 Å². The molecule has 0 bridgehead atoms. The van der Waals surface area contributed by atoms with Crippen LogP contribution in [-0.4, -0.2) is 26.4 Å². The van der Waals surface area contributed by atoms with Gasteiger partial charge in [-0.15, -0.1) is 0 Å². The summed E-state index contributed by atoms with van der Waals surface area (Å²) in [4.78, 5) is 0. The third kappa shape index (κ3) is 5.62. The van der Waals surface area contributed by atoms with E-state index in [1.165, 1.54) is 0 Å². The normalized spacial score (nSPS) is 10.3. The molecule has 0 aromatic heterocycles. The van der Waals surface area contributed by atoms with Crippen molar-refractivity contribution in [1.29, 1.82) is 0 Å². The van der Waals surface area contributed by atoms with E-state index in [1.807, 2.05) is 36.4 Å². The molecule has 0 radical (unpaired) electrons. The average Bonchev–Trinajstić information content (AvgIpc) is 2.46. The zero-order valence-corrected chi connectivity index (χ0v) is 11.8. The van der Waals surface area contributed by atoms with Crippen LogP contribution in [0.5, 0.6) is 11.5 Å². The molecule has 0 amide bonds. The number of hydrogen-bond acceptors (Lipinski definition) is 5. The van der Waals surface area contributed by atoms with Crippen LogP contribution in [0.4, 0.5) is 11.4 Å². The molecule has 0 fully saturated rings. The first-order valence-corrected chi connectivity index (χ1v) is 6.78. The molecule has 0 aliphatic rings. The number of anilines is 2. The average molecular weight is 288 g/mol. The van der Waals surface area contributed by atoms with Crippen molar-refractivity contribution in [3.63, 3.8) is 0 Å². The predicted molar refractivity (Wildman–Crippen MR) is 83.5 cm³/mol. The third-order valence-corrected chi connectivity index (χ3v) is 2.71. The highest BCUT2D eigenvalue weighted by molar-refractivity contribution is 5.44. The fourth-order valence-electron chi connectivity index (χ4n) is 1.75. The predicted octanol–water partition coefficient (Wildman–Crippen LogP) is 2.33. The highest BCUT2D eigenvalue weighted by Crippen LogP contribution is 2.15. The van der Waals surface area contributed by atoms with E-state index in [0.29, 0.717) is 37.8 Å². The minimum Gasteiger partial charge on any atom is -0.491 e. The lowest BCUT2D eigenvalue weighted by molar-refractivity contribution is 0.0764. The van der Waals surface area contributed by atoms with Gasteiger partial charge in [0.1, 0.15) is 24.7 Å². The van der Waals surface area contributed by atoms with Gasteiger partial charge in [-0.25, -0.2) is 0 Å². The second kappa shape index (κ2) is 8.01. The second-order valence-electron chi connectivity index (χ2n) is 4.45. The quantitative estimate of drug-likeness (QED) is 0.575. The van der Waals surface area contributed by atoms with E-state index < -0.39 is 0 Å². The summed E-state index contributed by atoms with van der Waals surface area (Å²) in [6, 6.07) is 14.6. The van der Waals surface area contributed by atoms with E-state index in [0.717, 1.165) is 11.5 Å². The highest BCUT2D eigenvalue weighted by Gasteiger charge is 1.96. The van der Waals surface area contributed by atoms with Crippen LogP contribution in [0.3, 0.4) is 0 Å². The Balaban J connectivity index is 1.54. The molecule has 5 nitrogen and oxygen atoms in total. The first-order chi connectivity index (χ1) is 10.2. The Hall–Kier alpha value is -2.40. The van der Waals surface area contributed by atoms with E-state index >= 15 is 0 Å². The second-order valence-corrected chi connectivity index (χ2v) is 4.45. The molecule has 2 aromatic carbocycles. The molecule has 0 aliphatic heterocycles. The van der Waals surface area contributed by atoms with Crippen molar-refractivity contribution in [2.75, 3.05) is 37.9 Å². The van der Waals surface area contributed by atoms with Crippen molar-refractivity contribution in [1.82, 2.24) is 0 Å². The van der Waals surface area contributed by atoms with Crippen LogP contribution in [0.25, 0.3) is 0 Å². The van der Waals surface area contributed by atoms with Gasteiger partial charge < -0.3 is 25.7 Å². The molecule has 112 valence electrons. The van der Waals surface area contributed by atoms with Crippen molar-refractivity contribution < 1.29 is 14.2 Å². The Bertz CT molecular complexity index is 511. The van der Waals surface area contributed by atoms with Gasteiger partial charge in [-0.3, -0.25) is 0 Å². The van der Waals surface area contributed by atoms with Crippen LogP contribution in [-0.2, 0) is 4.74 Å². The summed E-state index contributed by atoms with van der Waals surface area (Å²) in [5.41, 5.74) is 12.7. The fraction of sp³-hybridized carbons (Fsp3) is 0.250. The summed E-state index contributed by atoms with van der Waals surface area (Å²) >= 11 is 0. The van der Waals surface area contributed by atoms with E-state index in [4.69, 9.17) is 25.7 Å². The Morgan fingerprint density at radius 3 is 1.57 bits per heavy atom. The minimum absolute atomic E-state index is 0.474. The Labute approximate surface area is 124 Å². The van der Waals surface area contributed by atoms with Crippen molar-refractivity contribution in [3.05, 3.63) is 48.5 Å². The zero-order chi connectivity index (χ0) is 14.9. The van der Waals surface area contributed by atoms with Crippen LogP contribution in [0, 0.1) is 0 Å². The van der Waals surface area contributed by atoms with Gasteiger partial charge in [-0.2, -0.15) is 0 Å². The summed E-state index contributed by atoms with van der Waals surface area (Å²) in [5.74, 6) is 1.49. The monoisotopic (exact) mass is 288 g/mol. The van der Waals surface area contributed by atoms with Crippen LogP contribution < -0.4 is 20.9 Å². The molecule has 0 atom stereocenters. The van der Waals surface area contributed by atoms with Crippen LogP contribution in [0.2, 0.25) is 0 Å². The van der Waals surface area contributed by atoms with Gasteiger partial charge in [0.25, 0.3) is 0 Å². The molecule has 21 heavy (non-hydrogen) atoms. The van der Waals surface area contributed by atoms with Crippen molar-refractivity contribution in [2.45, 2.75) is 0 Å². The van der Waals surface area contributed by atoms with Crippen molar-refractivity contribution in [3.8, 4) is 11.5 Å². The lowest BCUT2D eigenvalue weighted by atomic mass is 10.3. The summed E-state index contributed by atoms with van der Waals surface area (Å²) in [6.07, 6.45) is 0. The molecule has 0 spiro atoms. The first-order valence-electron chi connectivity index (χ1n) is 6.78. The summed E-state index contributed by atoms with van der Waals surface area (Å²) in [5, 5.41) is 0. The first kappa shape index (κ1) is 15.0. The molecule has 2 rings (SSSR count). The molecule has 0 unspecified atom stereocenters. The number of ether oxygens (including phenoxy) is 3. The number of hydrogen-bond donors (Lipinski definition) is 2. The van der Waals surface area contributed by atoms with Crippen LogP contribution >= 0.6 is 0 Å². The number of benzene rings is 2. The van der Waals surface area contributed by atoms with Gasteiger partial charge in [0.05, 0.1) is 13.2 Å². The molecule has 0 aliphatic carbocycles. The maximum atomic E-state index is 5.66. The molecule has 4 N–H and O–H groups in total. The van der Waals surface area contributed by atoms with Gasteiger partial charge >= 0.3 is 0 Å². The molecule has 0 saturated heterocycles. The lowest BCUT2D eigenvalue weighted by Gasteiger charge is -2.09. The van der Waals surface area contributed by atoms with E-state index in [2.05, 4.69) is 0 Å². The van der Waals surface area contributed by atoms with E-state index in [9.17, 15) is 0 Å². The van der Waals surface area contributed by atoms with Crippen LogP contribution in [0.1, 0.15) is 0 Å². The molecule has 2 aromatic rings. The van der Waals surface area contributed by atoms with Gasteiger partial charge in [0, 0.05) is 23.5 Å². The third-order valence-electron chi connectivity index (χ3n) is 2.71. The van der Waals surface area contributed by atoms with Crippen molar-refractivity contribution >= 4 is 11.4 Å². The summed E-state index contributed by atoms with van der Waals surface area (Å²) in [6.45, 7) is 1.94. The maximum absolute atomic E-state index is 5.66. The SMILES string of the molecule is Nc1cccc(OCCOCCOc2cccc(N)c2)c1. The van der Waals surface area contributed by atoms with Gasteiger partial charge in [0.2, 0.25) is 0 Å². The summed E-state index contributed by atoms with van der Waals surface area (Å²) in [7, 11) is 0. The Morgan fingerprint density at radius 2 is 1.14 bits per heavy atom. The summed E-state index contributed by atoms with van der Waals surface area (Å²) < 4.78 is 16.4. The fourth-order valence-corrected chi connectivity index (χ4v) is 1.75. The van der Waals surface area contributed by atoms with Gasteiger partial charge in [-0.05, 0) is 24.3 Å². The molecular formula is C16H20N2O3. The van der Waals surface area contributed by atoms with Crippen LogP contribution in [0.15, 0.2) is 48.5 Å². The Morgan fingerprint density at radius 1 is 0.667 bits per heavy atom. The molecular weight excluding hydrogens is 268 g/mol. The largest absolute Gasteiger partial charge is 0.491 e. The van der Waals surface area contributed by atoms with E-state index in [-0.39, 0.29) is 0 Å². The number of nitrogens with two attached hydrogens (primary N) is 2. The Kier molecular flexibility index (Phi) is 5.72. The smallest absolute Gasteiger partial charge is 0.121 e. The van der Waals surface area contributed by atoms with Gasteiger partial charge in [0.15, 0.2) is 0 Å². The molecule has 0 saturated carbocycles. The zero-order valence-electron chi connectivity index (χ0n) is 11.8. The number of rotatable bonds is 8. The van der Waals surface area contributed by atoms with Gasteiger partial charge in [-0.1, -0.05) is 12.1 Å². The lowest BCUT2D eigenvalue weighted by Crippen LogP contribution is -2.12. The van der Waals surface area contributed by atoms with Crippen molar-refractivity contribution in [2.24, 2.45) is 0 Å². The molecule has 5 heteroatoms. The minimum atomic E-state index is 0.474.